The summed E-state index contributed by atoms with van der Waals surface area (Å²) in [5, 5.41) is 10.1. The maximum absolute atomic E-state index is 10.1. The number of phenolic OH excluding ortho intramolecular Hbond substituents is 1. The van der Waals surface area contributed by atoms with Gasteiger partial charge in [0.15, 0.2) is 11.5 Å². The fourth-order valence-electron chi connectivity index (χ4n) is 1.80. The second-order valence-corrected chi connectivity index (χ2v) is 5.87. The highest BCUT2D eigenvalue weighted by molar-refractivity contribution is 9.10. The summed E-state index contributed by atoms with van der Waals surface area (Å²) in [5.41, 5.74) is 0.910. The summed E-state index contributed by atoms with van der Waals surface area (Å²) < 4.78 is 6.08. The molecule has 0 spiro atoms. The van der Waals surface area contributed by atoms with Crippen LogP contribution >= 0.6 is 15.9 Å². The molecule has 102 valence electrons. The molecule has 0 aliphatic heterocycles. The molecule has 1 rings (SSSR count). The Kier molecular flexibility index (Phi) is 5.91. The second kappa shape index (κ2) is 6.97. The molecule has 3 N–H and O–H groups in total. The molecule has 0 aliphatic carbocycles. The number of nitrogens with one attached hydrogen (secondary N) is 2. The first-order chi connectivity index (χ1) is 8.43. The van der Waals surface area contributed by atoms with Gasteiger partial charge in [-0.1, -0.05) is 15.9 Å². The normalized spacial score (nSPS) is 12.8. The van der Waals surface area contributed by atoms with Gasteiger partial charge in [-0.15, -0.1) is 0 Å². The number of aromatic hydroxyl groups is 1. The smallest absolute Gasteiger partial charge is 0.166 e. The van der Waals surface area contributed by atoms with E-state index in [4.69, 9.17) is 4.74 Å². The quantitative estimate of drug-likeness (QED) is 0.650. The van der Waals surface area contributed by atoms with Crippen molar-refractivity contribution in [3.63, 3.8) is 0 Å². The molecular formula is C13H23BrN2O2+2. The molecule has 18 heavy (non-hydrogen) atoms. The molecule has 0 fully saturated rings. The Morgan fingerprint density at radius 3 is 2.44 bits per heavy atom. The van der Waals surface area contributed by atoms with Crippen molar-refractivity contribution in [3.05, 3.63) is 22.2 Å². The highest BCUT2D eigenvalue weighted by Gasteiger charge is 2.14. The maximum Gasteiger partial charge on any atom is 0.166 e. The first kappa shape index (κ1) is 15.3. The molecule has 1 atom stereocenters. The molecule has 0 amide bonds. The molecule has 1 aromatic carbocycles. The third-order valence-electron chi connectivity index (χ3n) is 2.88. The van der Waals surface area contributed by atoms with Gasteiger partial charge in [-0.25, -0.2) is 0 Å². The van der Waals surface area contributed by atoms with E-state index in [0.29, 0.717) is 5.75 Å². The molecule has 1 unspecified atom stereocenters. The monoisotopic (exact) mass is 318 g/mol. The number of rotatable bonds is 6. The lowest BCUT2D eigenvalue weighted by Gasteiger charge is -2.17. The lowest BCUT2D eigenvalue weighted by Crippen LogP contribution is -3.15. The van der Waals surface area contributed by atoms with Gasteiger partial charge in [0.05, 0.1) is 33.8 Å². The molecule has 0 aliphatic rings. The number of hydrogen-bond donors (Lipinski definition) is 3. The molecule has 0 radical (unpaired) electrons. The highest BCUT2D eigenvalue weighted by atomic mass is 79.9. The summed E-state index contributed by atoms with van der Waals surface area (Å²) in [6.45, 7) is 2.96. The average Bonchev–Trinajstić information content (AvgIpc) is 2.30. The molecule has 0 aromatic heterocycles. The molecule has 0 bridgehead atoms. The molecule has 5 heteroatoms. The van der Waals surface area contributed by atoms with Crippen molar-refractivity contribution in [2.75, 3.05) is 41.3 Å². The van der Waals surface area contributed by atoms with Gasteiger partial charge in [0.25, 0.3) is 0 Å². The van der Waals surface area contributed by atoms with Crippen molar-refractivity contribution in [2.24, 2.45) is 0 Å². The Morgan fingerprint density at radius 1 is 1.22 bits per heavy atom. The maximum atomic E-state index is 10.1. The van der Waals surface area contributed by atoms with E-state index in [1.807, 2.05) is 6.07 Å². The van der Waals surface area contributed by atoms with Crippen LogP contribution in [0.15, 0.2) is 16.6 Å². The van der Waals surface area contributed by atoms with E-state index in [9.17, 15) is 5.11 Å². The zero-order valence-electron chi connectivity index (χ0n) is 11.5. The van der Waals surface area contributed by atoms with Crippen LogP contribution in [0.25, 0.3) is 0 Å². The van der Waals surface area contributed by atoms with Crippen LogP contribution in [0.1, 0.15) is 5.56 Å². The summed E-state index contributed by atoms with van der Waals surface area (Å²) in [7, 11) is 7.99. The average molecular weight is 319 g/mol. The third-order valence-corrected chi connectivity index (χ3v) is 3.34. The van der Waals surface area contributed by atoms with Crippen LogP contribution in [0.3, 0.4) is 0 Å². The number of halogens is 1. The molecule has 0 heterocycles. The minimum Gasteiger partial charge on any atom is -0.504 e. The minimum absolute atomic E-state index is 0.247. The number of phenols is 1. The molecule has 1 aromatic rings. The van der Waals surface area contributed by atoms with Gasteiger partial charge < -0.3 is 19.6 Å². The van der Waals surface area contributed by atoms with E-state index < -0.39 is 0 Å². The summed E-state index contributed by atoms with van der Waals surface area (Å²) >= 11 is 3.44. The van der Waals surface area contributed by atoms with Crippen molar-refractivity contribution in [2.45, 2.75) is 6.54 Å². The number of likely N-dealkylation sites (N-methyl/N-ethyl adjacent to an activating group) is 2. The van der Waals surface area contributed by atoms with Crippen LogP contribution in [0.4, 0.5) is 0 Å². The molecule has 0 saturated carbocycles. The number of ether oxygens (including phenoxy) is 1. The lowest BCUT2D eigenvalue weighted by atomic mass is 10.1. The highest BCUT2D eigenvalue weighted by Crippen LogP contribution is 2.32. The SMILES string of the molecule is COc1cc(Br)cc(C[NH+](C)CC[NH+](C)C)c1O. The van der Waals surface area contributed by atoms with E-state index in [2.05, 4.69) is 37.1 Å². The predicted octanol–water partition coefficient (Wildman–Crippen LogP) is -0.677. The summed E-state index contributed by atoms with van der Waals surface area (Å²) in [5.74, 6) is 0.766. The van der Waals surface area contributed by atoms with Gasteiger partial charge in [0, 0.05) is 4.47 Å². The molecule has 4 nitrogen and oxygen atoms in total. The summed E-state index contributed by atoms with van der Waals surface area (Å²) in [6, 6.07) is 3.72. The van der Waals surface area contributed by atoms with Gasteiger partial charge in [0.2, 0.25) is 0 Å². The van der Waals surface area contributed by atoms with Crippen molar-refractivity contribution >= 4 is 15.9 Å². The van der Waals surface area contributed by atoms with Gasteiger partial charge in [-0.3, -0.25) is 0 Å². The zero-order chi connectivity index (χ0) is 13.7. The van der Waals surface area contributed by atoms with Crippen LogP contribution < -0.4 is 14.5 Å². The van der Waals surface area contributed by atoms with Gasteiger partial charge in [-0.05, 0) is 12.1 Å². The first-order valence-corrected chi connectivity index (χ1v) is 6.89. The van der Waals surface area contributed by atoms with Crippen LogP contribution in [0.5, 0.6) is 11.5 Å². The minimum atomic E-state index is 0.247. The Bertz CT molecular complexity index is 397. The Balaban J connectivity index is 2.74. The van der Waals surface area contributed by atoms with E-state index in [1.165, 1.54) is 9.80 Å². The lowest BCUT2D eigenvalue weighted by molar-refractivity contribution is -0.937. The van der Waals surface area contributed by atoms with Crippen molar-refractivity contribution in [1.29, 1.82) is 0 Å². The fraction of sp³-hybridized carbons (Fsp3) is 0.538. The Hall–Kier alpha value is -0.780. The van der Waals surface area contributed by atoms with Crippen LogP contribution in [0.2, 0.25) is 0 Å². The Labute approximate surface area is 117 Å². The largest absolute Gasteiger partial charge is 0.504 e. The van der Waals surface area contributed by atoms with Gasteiger partial charge in [0.1, 0.15) is 19.6 Å². The third kappa shape index (κ3) is 4.48. The Morgan fingerprint density at radius 2 is 1.89 bits per heavy atom. The van der Waals surface area contributed by atoms with E-state index in [-0.39, 0.29) is 5.75 Å². The van der Waals surface area contributed by atoms with Crippen LogP contribution in [-0.4, -0.2) is 46.4 Å². The number of hydrogen-bond acceptors (Lipinski definition) is 2. The van der Waals surface area contributed by atoms with E-state index >= 15 is 0 Å². The van der Waals surface area contributed by atoms with Crippen molar-refractivity contribution in [3.8, 4) is 11.5 Å². The molecular weight excluding hydrogens is 296 g/mol. The second-order valence-electron chi connectivity index (χ2n) is 4.96. The van der Waals surface area contributed by atoms with Crippen molar-refractivity contribution in [1.82, 2.24) is 0 Å². The summed E-state index contributed by atoms with van der Waals surface area (Å²) in [4.78, 5) is 2.80. The number of methoxy groups -OCH3 is 1. The fourth-order valence-corrected chi connectivity index (χ4v) is 2.28. The van der Waals surface area contributed by atoms with E-state index in [0.717, 1.165) is 29.7 Å². The van der Waals surface area contributed by atoms with Crippen molar-refractivity contribution < 1.29 is 19.6 Å². The molecule has 0 saturated heterocycles. The first-order valence-electron chi connectivity index (χ1n) is 6.09. The number of benzene rings is 1. The van der Waals surface area contributed by atoms with Gasteiger partial charge in [-0.2, -0.15) is 0 Å². The topological polar surface area (TPSA) is 38.3 Å². The van der Waals surface area contributed by atoms with Crippen LogP contribution in [0, 0.1) is 0 Å². The van der Waals surface area contributed by atoms with Crippen LogP contribution in [-0.2, 0) is 6.54 Å². The summed E-state index contributed by atoms with van der Waals surface area (Å²) in [6.07, 6.45) is 0. The predicted molar refractivity (Wildman–Crippen MR) is 75.5 cm³/mol. The standard InChI is InChI=1S/C13H21BrN2O2/c1-15(2)5-6-16(3)9-10-7-11(14)8-12(18-4)13(10)17/h7-8,17H,5-6,9H2,1-4H3/p+2. The van der Waals surface area contributed by atoms with Gasteiger partial charge >= 0.3 is 0 Å². The zero-order valence-corrected chi connectivity index (χ0v) is 13.1. The number of quaternary nitrogens is 2. The van der Waals surface area contributed by atoms with E-state index in [1.54, 1.807) is 13.2 Å².